The van der Waals surface area contributed by atoms with Crippen molar-refractivity contribution in [2.45, 2.75) is 31.4 Å². The highest BCUT2D eigenvalue weighted by atomic mass is 32.1. The molecule has 136 valence electrons. The quantitative estimate of drug-likeness (QED) is 0.724. The minimum Gasteiger partial charge on any atom is -0.385 e. The number of aromatic amines is 1. The first kappa shape index (κ1) is 17.4. The number of aromatic nitrogens is 2. The van der Waals surface area contributed by atoms with Gasteiger partial charge in [0.25, 0.3) is 0 Å². The molecule has 1 aliphatic rings. The Morgan fingerprint density at radius 1 is 1.19 bits per heavy atom. The molecule has 1 aromatic carbocycles. The summed E-state index contributed by atoms with van der Waals surface area (Å²) in [4.78, 5) is 3.55. The summed E-state index contributed by atoms with van der Waals surface area (Å²) in [5.41, 5.74) is 2.19. The van der Waals surface area contributed by atoms with Gasteiger partial charge in [-0.2, -0.15) is 5.10 Å². The number of nitrogens with one attached hydrogen (secondary N) is 1. The van der Waals surface area contributed by atoms with Gasteiger partial charge in [0.2, 0.25) is 0 Å². The maximum Gasteiger partial charge on any atom is 0.123 e. The van der Waals surface area contributed by atoms with Crippen molar-refractivity contribution in [3.8, 4) is 10.6 Å². The zero-order valence-electron chi connectivity index (χ0n) is 14.5. The molecular formula is C20H22FN3OS. The Morgan fingerprint density at radius 2 is 2.04 bits per heavy atom. The summed E-state index contributed by atoms with van der Waals surface area (Å²) in [5.74, 6) is -0.270. The maximum absolute atomic E-state index is 13.2. The topological polar surface area (TPSA) is 52.1 Å². The lowest BCUT2D eigenvalue weighted by atomic mass is 9.87. The van der Waals surface area contributed by atoms with Crippen LogP contribution in [0.25, 0.3) is 10.6 Å². The van der Waals surface area contributed by atoms with E-state index in [1.165, 1.54) is 22.6 Å². The first-order valence-electron chi connectivity index (χ1n) is 8.91. The van der Waals surface area contributed by atoms with Crippen LogP contribution in [-0.2, 0) is 12.1 Å². The molecule has 1 fully saturated rings. The normalized spacial score (nSPS) is 21.6. The second-order valence-corrected chi connectivity index (χ2v) is 7.86. The van der Waals surface area contributed by atoms with Gasteiger partial charge in [0.15, 0.2) is 0 Å². The summed E-state index contributed by atoms with van der Waals surface area (Å²) in [7, 11) is 0. The fourth-order valence-electron chi connectivity index (χ4n) is 3.69. The molecule has 1 aliphatic heterocycles. The number of benzene rings is 1. The van der Waals surface area contributed by atoms with E-state index in [9.17, 15) is 9.50 Å². The highest BCUT2D eigenvalue weighted by Gasteiger charge is 2.32. The molecule has 0 saturated carbocycles. The fraction of sp³-hybridized carbons (Fsp3) is 0.350. The molecule has 26 heavy (non-hydrogen) atoms. The van der Waals surface area contributed by atoms with Crippen LogP contribution in [0.5, 0.6) is 0 Å². The lowest BCUT2D eigenvalue weighted by Crippen LogP contribution is -2.29. The summed E-state index contributed by atoms with van der Waals surface area (Å²) in [6.07, 6.45) is 4.13. The van der Waals surface area contributed by atoms with Gasteiger partial charge >= 0.3 is 0 Å². The van der Waals surface area contributed by atoms with Gasteiger partial charge < -0.3 is 5.11 Å². The molecule has 0 spiro atoms. The second-order valence-electron chi connectivity index (χ2n) is 6.92. The zero-order chi connectivity index (χ0) is 18.0. The van der Waals surface area contributed by atoms with Gasteiger partial charge in [-0.05, 0) is 54.9 Å². The predicted octanol–water partition coefficient (Wildman–Crippen LogP) is 4.15. The Hall–Kier alpha value is -2.02. The molecule has 6 heteroatoms. The number of halogens is 1. The van der Waals surface area contributed by atoms with Crippen molar-refractivity contribution in [2.75, 3.05) is 13.1 Å². The zero-order valence-corrected chi connectivity index (χ0v) is 15.3. The van der Waals surface area contributed by atoms with Crippen LogP contribution in [0.2, 0.25) is 0 Å². The van der Waals surface area contributed by atoms with E-state index < -0.39 is 5.60 Å². The fourth-order valence-corrected chi connectivity index (χ4v) is 4.44. The van der Waals surface area contributed by atoms with Crippen molar-refractivity contribution < 1.29 is 9.50 Å². The summed E-state index contributed by atoms with van der Waals surface area (Å²) >= 11 is 1.70. The maximum atomic E-state index is 13.2. The average Bonchev–Trinajstić information content (AvgIpc) is 3.27. The Bertz CT molecular complexity index is 846. The number of aliphatic hydroxyl groups is 1. The number of nitrogens with zero attached hydrogens (tertiary/aromatic N) is 2. The Kier molecular flexibility index (Phi) is 4.89. The minimum atomic E-state index is -0.880. The number of hydrogen-bond donors (Lipinski definition) is 2. The van der Waals surface area contributed by atoms with Crippen LogP contribution in [0.15, 0.2) is 48.0 Å². The summed E-state index contributed by atoms with van der Waals surface area (Å²) in [6, 6.07) is 10.4. The molecule has 3 heterocycles. The van der Waals surface area contributed by atoms with Gasteiger partial charge in [0.05, 0.1) is 22.4 Å². The average molecular weight is 371 g/mol. The molecule has 1 atom stereocenters. The monoisotopic (exact) mass is 371 g/mol. The van der Waals surface area contributed by atoms with Crippen LogP contribution in [0.4, 0.5) is 4.39 Å². The van der Waals surface area contributed by atoms with Gasteiger partial charge in [-0.15, -0.1) is 11.3 Å². The van der Waals surface area contributed by atoms with Crippen LogP contribution in [0.3, 0.4) is 0 Å². The largest absolute Gasteiger partial charge is 0.385 e. The van der Waals surface area contributed by atoms with Crippen LogP contribution in [0, 0.1) is 5.82 Å². The second kappa shape index (κ2) is 7.31. The van der Waals surface area contributed by atoms with E-state index in [0.29, 0.717) is 12.8 Å². The van der Waals surface area contributed by atoms with Gasteiger partial charge in [-0.3, -0.25) is 10.00 Å². The number of thiophene rings is 1. The smallest absolute Gasteiger partial charge is 0.123 e. The van der Waals surface area contributed by atoms with Crippen LogP contribution < -0.4 is 0 Å². The lowest BCUT2D eigenvalue weighted by Gasteiger charge is -2.27. The molecule has 4 nitrogen and oxygen atoms in total. The van der Waals surface area contributed by atoms with E-state index in [1.54, 1.807) is 23.5 Å². The molecule has 0 radical (unpaired) electrons. The summed E-state index contributed by atoms with van der Waals surface area (Å²) < 4.78 is 13.2. The number of likely N-dealkylation sites (tertiary alicyclic amines) is 1. The van der Waals surface area contributed by atoms with Crippen molar-refractivity contribution >= 4 is 11.3 Å². The molecule has 2 N–H and O–H groups in total. The SMILES string of the molecule is OC1(c2ccc(F)cc2)CCCN(Cc2cn[nH]c2-c2cccs2)CC1. The third kappa shape index (κ3) is 3.58. The Labute approximate surface area is 156 Å². The van der Waals surface area contributed by atoms with Crippen molar-refractivity contribution in [3.63, 3.8) is 0 Å². The van der Waals surface area contributed by atoms with Crippen LogP contribution >= 0.6 is 11.3 Å². The van der Waals surface area contributed by atoms with E-state index in [-0.39, 0.29) is 5.82 Å². The molecule has 2 aromatic heterocycles. The van der Waals surface area contributed by atoms with Crippen LogP contribution in [0.1, 0.15) is 30.4 Å². The highest BCUT2D eigenvalue weighted by Crippen LogP contribution is 2.34. The molecule has 0 bridgehead atoms. The first-order chi connectivity index (χ1) is 12.6. The molecule has 3 aromatic rings. The number of hydrogen-bond acceptors (Lipinski definition) is 4. The molecule has 1 unspecified atom stereocenters. The van der Waals surface area contributed by atoms with Crippen molar-refractivity contribution in [1.29, 1.82) is 0 Å². The third-order valence-electron chi connectivity index (χ3n) is 5.17. The number of rotatable bonds is 4. The number of H-pyrrole nitrogens is 1. The standard InChI is InChI=1S/C20H22FN3OS/c21-17-6-4-16(5-7-17)20(25)8-2-10-24(11-9-20)14-15-13-22-23-19(15)18-3-1-12-26-18/h1,3-7,12-13,25H,2,8-11,14H2,(H,22,23). The third-order valence-corrected chi connectivity index (χ3v) is 6.05. The van der Waals surface area contributed by atoms with Gasteiger partial charge in [0.1, 0.15) is 5.82 Å². The van der Waals surface area contributed by atoms with Crippen molar-refractivity contribution in [2.24, 2.45) is 0 Å². The molecule has 0 aliphatic carbocycles. The summed E-state index contributed by atoms with van der Waals surface area (Å²) in [6.45, 7) is 2.53. The Balaban J connectivity index is 1.46. The van der Waals surface area contributed by atoms with Gasteiger partial charge in [-0.25, -0.2) is 4.39 Å². The van der Waals surface area contributed by atoms with Crippen LogP contribution in [-0.4, -0.2) is 33.3 Å². The van der Waals surface area contributed by atoms with E-state index in [0.717, 1.165) is 37.3 Å². The predicted molar refractivity (Wildman–Crippen MR) is 101 cm³/mol. The molecular weight excluding hydrogens is 349 g/mol. The van der Waals surface area contributed by atoms with E-state index in [1.807, 2.05) is 12.3 Å². The summed E-state index contributed by atoms with van der Waals surface area (Å²) in [5, 5.41) is 20.5. The highest BCUT2D eigenvalue weighted by molar-refractivity contribution is 7.13. The molecule has 4 rings (SSSR count). The van der Waals surface area contributed by atoms with Gasteiger partial charge in [-0.1, -0.05) is 18.2 Å². The minimum absolute atomic E-state index is 0.270. The molecule has 1 saturated heterocycles. The van der Waals surface area contributed by atoms with Gasteiger partial charge in [0, 0.05) is 18.7 Å². The van der Waals surface area contributed by atoms with Crippen molar-refractivity contribution in [3.05, 3.63) is 64.9 Å². The van der Waals surface area contributed by atoms with Crippen molar-refractivity contribution in [1.82, 2.24) is 15.1 Å². The van der Waals surface area contributed by atoms with E-state index in [2.05, 4.69) is 26.5 Å². The van der Waals surface area contributed by atoms with E-state index in [4.69, 9.17) is 0 Å². The Morgan fingerprint density at radius 3 is 2.81 bits per heavy atom. The first-order valence-corrected chi connectivity index (χ1v) is 9.79. The van der Waals surface area contributed by atoms with E-state index >= 15 is 0 Å². The molecule has 0 amide bonds. The lowest BCUT2D eigenvalue weighted by molar-refractivity contribution is 0.0209.